The molecular weight excluding hydrogens is 282 g/mol. The summed E-state index contributed by atoms with van der Waals surface area (Å²) in [6, 6.07) is 8.11. The number of hydrogen-bond donors (Lipinski definition) is 0. The van der Waals surface area contributed by atoms with E-state index in [-0.39, 0.29) is 5.78 Å². The molecule has 0 bridgehead atoms. The number of aryl methyl sites for hydroxylation is 1. The highest BCUT2D eigenvalue weighted by Crippen LogP contribution is 2.42. The maximum Gasteiger partial charge on any atom is 0.171 e. The number of nitrogens with zero attached hydrogens (tertiary/aromatic N) is 1. The van der Waals surface area contributed by atoms with Gasteiger partial charge < -0.3 is 4.74 Å². The zero-order valence-electron chi connectivity index (χ0n) is 12.4. The highest BCUT2D eigenvalue weighted by atomic mass is 32.1. The van der Waals surface area contributed by atoms with Gasteiger partial charge in [-0.15, -0.1) is 11.3 Å². The third-order valence-corrected chi connectivity index (χ3v) is 4.80. The SMILES string of the molecule is CCc1cccc(OCc2nc(C3CC3)c(C(C)=O)s2)c1. The smallest absolute Gasteiger partial charge is 0.171 e. The first kappa shape index (κ1) is 14.3. The van der Waals surface area contributed by atoms with Crippen molar-refractivity contribution in [1.29, 1.82) is 0 Å². The van der Waals surface area contributed by atoms with Crippen LogP contribution in [0.5, 0.6) is 5.75 Å². The summed E-state index contributed by atoms with van der Waals surface area (Å²) in [6.45, 7) is 4.18. The molecule has 3 nitrogen and oxygen atoms in total. The van der Waals surface area contributed by atoms with E-state index in [2.05, 4.69) is 24.0 Å². The van der Waals surface area contributed by atoms with Crippen molar-refractivity contribution >= 4 is 17.1 Å². The van der Waals surface area contributed by atoms with Crippen LogP contribution in [0.3, 0.4) is 0 Å². The lowest BCUT2D eigenvalue weighted by Crippen LogP contribution is -1.96. The van der Waals surface area contributed by atoms with E-state index >= 15 is 0 Å². The number of aromatic nitrogens is 1. The van der Waals surface area contributed by atoms with Crippen molar-refractivity contribution in [3.05, 3.63) is 45.4 Å². The Morgan fingerprint density at radius 3 is 2.90 bits per heavy atom. The van der Waals surface area contributed by atoms with Gasteiger partial charge >= 0.3 is 0 Å². The molecule has 1 fully saturated rings. The number of benzene rings is 1. The number of thiazole rings is 1. The van der Waals surface area contributed by atoms with Gasteiger partial charge in [-0.1, -0.05) is 19.1 Å². The predicted octanol–water partition coefficient (Wildman–Crippen LogP) is 4.36. The van der Waals surface area contributed by atoms with Gasteiger partial charge in [-0.3, -0.25) is 4.79 Å². The molecule has 110 valence electrons. The Balaban J connectivity index is 1.72. The fourth-order valence-corrected chi connectivity index (χ4v) is 3.28. The number of hydrogen-bond acceptors (Lipinski definition) is 4. The molecule has 1 aliphatic carbocycles. The van der Waals surface area contributed by atoms with E-state index in [0.29, 0.717) is 12.5 Å². The quantitative estimate of drug-likeness (QED) is 0.744. The van der Waals surface area contributed by atoms with Gasteiger partial charge in [0, 0.05) is 12.8 Å². The van der Waals surface area contributed by atoms with Crippen LogP contribution in [0, 0.1) is 0 Å². The molecule has 1 aromatic heterocycles. The lowest BCUT2D eigenvalue weighted by Gasteiger charge is -2.05. The molecule has 1 aliphatic rings. The van der Waals surface area contributed by atoms with Crippen LogP contribution in [0.15, 0.2) is 24.3 Å². The Bertz CT molecular complexity index is 659. The van der Waals surface area contributed by atoms with E-state index in [4.69, 9.17) is 4.74 Å². The summed E-state index contributed by atoms with van der Waals surface area (Å²) in [5, 5.41) is 0.893. The minimum atomic E-state index is 0.119. The van der Waals surface area contributed by atoms with Gasteiger partial charge in [0.15, 0.2) is 5.78 Å². The second-order valence-corrected chi connectivity index (χ2v) is 6.53. The third kappa shape index (κ3) is 3.32. The van der Waals surface area contributed by atoms with E-state index in [9.17, 15) is 4.79 Å². The van der Waals surface area contributed by atoms with Crippen LogP contribution >= 0.6 is 11.3 Å². The molecule has 2 aromatic rings. The standard InChI is InChI=1S/C17H19NO2S/c1-3-12-5-4-6-14(9-12)20-10-15-18-16(13-7-8-13)17(21-15)11(2)19/h4-6,9,13H,3,7-8,10H2,1-2H3. The molecule has 3 rings (SSSR count). The summed E-state index contributed by atoms with van der Waals surface area (Å²) < 4.78 is 5.82. The first-order valence-electron chi connectivity index (χ1n) is 7.39. The van der Waals surface area contributed by atoms with Crippen LogP contribution in [0.2, 0.25) is 0 Å². The average Bonchev–Trinajstić information content (AvgIpc) is 3.25. The van der Waals surface area contributed by atoms with Gasteiger partial charge in [0.25, 0.3) is 0 Å². The molecule has 0 spiro atoms. The Labute approximate surface area is 129 Å². The Morgan fingerprint density at radius 2 is 2.24 bits per heavy atom. The van der Waals surface area contributed by atoms with Crippen molar-refractivity contribution in [2.45, 2.75) is 45.6 Å². The van der Waals surface area contributed by atoms with E-state index < -0.39 is 0 Å². The molecule has 0 aliphatic heterocycles. The van der Waals surface area contributed by atoms with Gasteiger partial charge in [-0.05, 0) is 37.0 Å². The van der Waals surface area contributed by atoms with E-state index in [1.807, 2.05) is 12.1 Å². The molecule has 0 atom stereocenters. The van der Waals surface area contributed by atoms with Crippen molar-refractivity contribution in [3.8, 4) is 5.75 Å². The maximum absolute atomic E-state index is 11.7. The van der Waals surface area contributed by atoms with Gasteiger partial charge in [-0.2, -0.15) is 0 Å². The Kier molecular flexibility index (Phi) is 4.06. The highest BCUT2D eigenvalue weighted by molar-refractivity contribution is 7.13. The van der Waals surface area contributed by atoms with Crippen LogP contribution in [0.25, 0.3) is 0 Å². The first-order chi connectivity index (χ1) is 10.2. The second kappa shape index (κ2) is 5.98. The fourth-order valence-electron chi connectivity index (χ4n) is 2.33. The zero-order chi connectivity index (χ0) is 14.8. The first-order valence-corrected chi connectivity index (χ1v) is 8.21. The lowest BCUT2D eigenvalue weighted by molar-refractivity contribution is 0.102. The molecule has 4 heteroatoms. The Hall–Kier alpha value is -1.68. The number of carbonyl (C=O) groups excluding carboxylic acids is 1. The van der Waals surface area contributed by atoms with Crippen LogP contribution < -0.4 is 4.74 Å². The van der Waals surface area contributed by atoms with Crippen molar-refractivity contribution in [3.63, 3.8) is 0 Å². The Morgan fingerprint density at radius 1 is 1.43 bits per heavy atom. The van der Waals surface area contributed by atoms with Crippen molar-refractivity contribution in [2.75, 3.05) is 0 Å². The molecule has 1 saturated carbocycles. The summed E-state index contributed by atoms with van der Waals surface area (Å²) in [7, 11) is 0. The van der Waals surface area contributed by atoms with E-state index in [1.165, 1.54) is 16.9 Å². The lowest BCUT2D eigenvalue weighted by atomic mass is 10.2. The third-order valence-electron chi connectivity index (χ3n) is 3.65. The topological polar surface area (TPSA) is 39.2 Å². The van der Waals surface area contributed by atoms with E-state index in [1.54, 1.807) is 6.92 Å². The monoisotopic (exact) mass is 301 g/mol. The molecule has 1 aromatic carbocycles. The summed E-state index contributed by atoms with van der Waals surface area (Å²) in [5.41, 5.74) is 2.25. The van der Waals surface area contributed by atoms with Gasteiger partial charge in [0.2, 0.25) is 0 Å². The van der Waals surface area contributed by atoms with Crippen LogP contribution in [0.4, 0.5) is 0 Å². The zero-order valence-corrected chi connectivity index (χ0v) is 13.2. The minimum Gasteiger partial charge on any atom is -0.486 e. The molecule has 0 unspecified atom stereocenters. The number of ketones is 1. The van der Waals surface area contributed by atoms with Gasteiger partial charge in [0.05, 0.1) is 10.6 Å². The molecule has 21 heavy (non-hydrogen) atoms. The predicted molar refractivity (Wildman–Crippen MR) is 84.2 cm³/mol. The summed E-state index contributed by atoms with van der Waals surface area (Å²) >= 11 is 1.48. The van der Waals surface area contributed by atoms with Gasteiger partial charge in [0.1, 0.15) is 17.4 Å². The van der Waals surface area contributed by atoms with Crippen LogP contribution in [-0.4, -0.2) is 10.8 Å². The number of carbonyl (C=O) groups is 1. The number of rotatable bonds is 6. The molecule has 0 N–H and O–H groups in total. The van der Waals surface area contributed by atoms with Crippen LogP contribution in [0.1, 0.15) is 58.5 Å². The highest BCUT2D eigenvalue weighted by Gasteiger charge is 2.31. The normalized spacial score (nSPS) is 14.2. The fraction of sp³-hybridized carbons (Fsp3) is 0.412. The molecule has 0 radical (unpaired) electrons. The van der Waals surface area contributed by atoms with E-state index in [0.717, 1.165) is 40.6 Å². The number of ether oxygens (including phenoxy) is 1. The largest absolute Gasteiger partial charge is 0.486 e. The van der Waals surface area contributed by atoms with Gasteiger partial charge in [-0.25, -0.2) is 4.98 Å². The summed E-state index contributed by atoms with van der Waals surface area (Å²) in [4.78, 5) is 17.1. The number of Topliss-reactive ketones (excluding diaryl/α,β-unsaturated/α-hetero) is 1. The minimum absolute atomic E-state index is 0.119. The van der Waals surface area contributed by atoms with Crippen molar-refractivity contribution in [1.82, 2.24) is 4.98 Å². The molecule has 1 heterocycles. The molecule has 0 amide bonds. The van der Waals surface area contributed by atoms with Crippen molar-refractivity contribution in [2.24, 2.45) is 0 Å². The summed E-state index contributed by atoms with van der Waals surface area (Å²) in [5.74, 6) is 1.48. The molecular formula is C17H19NO2S. The maximum atomic E-state index is 11.7. The second-order valence-electron chi connectivity index (χ2n) is 5.44. The van der Waals surface area contributed by atoms with Crippen LogP contribution in [-0.2, 0) is 13.0 Å². The average molecular weight is 301 g/mol. The van der Waals surface area contributed by atoms with Crippen molar-refractivity contribution < 1.29 is 9.53 Å². The molecule has 0 saturated heterocycles. The summed E-state index contributed by atoms with van der Waals surface area (Å²) in [6.07, 6.45) is 3.31.